The van der Waals surface area contributed by atoms with Crippen molar-refractivity contribution in [2.75, 3.05) is 23.7 Å². The standard InChI is InChI=1S/C12H10N6/c13-5-7-18(8-6-14)11-9-3-1-2-4-10(9)16-12(15)17-11/h1-4H,7-8H2,(H2,15,16,17). The van der Waals surface area contributed by atoms with E-state index in [1.54, 1.807) is 4.90 Å². The van der Waals surface area contributed by atoms with Gasteiger partial charge in [-0.05, 0) is 12.1 Å². The zero-order chi connectivity index (χ0) is 13.0. The van der Waals surface area contributed by atoms with Crippen LogP contribution in [0.3, 0.4) is 0 Å². The third kappa shape index (κ3) is 2.13. The van der Waals surface area contributed by atoms with Crippen LogP contribution < -0.4 is 10.6 Å². The molecule has 0 saturated heterocycles. The molecule has 0 unspecified atom stereocenters. The lowest BCUT2D eigenvalue weighted by atomic mass is 10.2. The van der Waals surface area contributed by atoms with Crippen molar-refractivity contribution < 1.29 is 0 Å². The van der Waals surface area contributed by atoms with E-state index in [0.717, 1.165) is 5.39 Å². The second-order valence-corrected chi connectivity index (χ2v) is 3.59. The van der Waals surface area contributed by atoms with Gasteiger partial charge in [-0.3, -0.25) is 0 Å². The van der Waals surface area contributed by atoms with E-state index < -0.39 is 0 Å². The molecule has 0 atom stereocenters. The Kier molecular flexibility index (Phi) is 3.22. The molecule has 0 spiro atoms. The van der Waals surface area contributed by atoms with E-state index in [2.05, 4.69) is 9.97 Å². The SMILES string of the molecule is N#CCN(CC#N)c1nc(N)nc2ccccc12. The summed E-state index contributed by atoms with van der Waals surface area (Å²) in [4.78, 5) is 9.81. The molecule has 1 aromatic carbocycles. The van der Waals surface area contributed by atoms with Gasteiger partial charge >= 0.3 is 0 Å². The van der Waals surface area contributed by atoms with Gasteiger partial charge in [0.05, 0.1) is 17.7 Å². The van der Waals surface area contributed by atoms with E-state index in [9.17, 15) is 0 Å². The van der Waals surface area contributed by atoms with Gasteiger partial charge in [0.25, 0.3) is 0 Å². The van der Waals surface area contributed by atoms with E-state index in [-0.39, 0.29) is 19.0 Å². The zero-order valence-electron chi connectivity index (χ0n) is 9.54. The Labute approximate surface area is 104 Å². The first-order chi connectivity index (χ1) is 8.76. The third-order valence-electron chi connectivity index (χ3n) is 2.42. The van der Waals surface area contributed by atoms with Crippen molar-refractivity contribution in [1.82, 2.24) is 9.97 Å². The second-order valence-electron chi connectivity index (χ2n) is 3.59. The largest absolute Gasteiger partial charge is 0.368 e. The van der Waals surface area contributed by atoms with Crippen LogP contribution in [-0.4, -0.2) is 23.1 Å². The van der Waals surface area contributed by atoms with Crippen molar-refractivity contribution in [2.24, 2.45) is 0 Å². The maximum Gasteiger partial charge on any atom is 0.222 e. The summed E-state index contributed by atoms with van der Waals surface area (Å²) in [6.45, 7) is 0.155. The molecule has 88 valence electrons. The van der Waals surface area contributed by atoms with Gasteiger partial charge < -0.3 is 10.6 Å². The van der Waals surface area contributed by atoms with Gasteiger partial charge in [-0.1, -0.05) is 12.1 Å². The highest BCUT2D eigenvalue weighted by molar-refractivity contribution is 5.90. The lowest BCUT2D eigenvalue weighted by Gasteiger charge is -2.18. The minimum atomic E-state index is 0.0774. The van der Waals surface area contributed by atoms with Crippen LogP contribution in [0.5, 0.6) is 0 Å². The smallest absolute Gasteiger partial charge is 0.222 e. The Morgan fingerprint density at radius 1 is 1.11 bits per heavy atom. The second kappa shape index (κ2) is 4.98. The molecule has 2 rings (SSSR count). The highest BCUT2D eigenvalue weighted by Crippen LogP contribution is 2.23. The molecule has 1 heterocycles. The Morgan fingerprint density at radius 3 is 2.44 bits per heavy atom. The van der Waals surface area contributed by atoms with Crippen molar-refractivity contribution in [3.8, 4) is 12.1 Å². The number of aromatic nitrogens is 2. The van der Waals surface area contributed by atoms with E-state index in [1.165, 1.54) is 0 Å². The molecule has 0 radical (unpaired) electrons. The van der Waals surface area contributed by atoms with Crippen molar-refractivity contribution in [3.63, 3.8) is 0 Å². The summed E-state index contributed by atoms with van der Waals surface area (Å²) >= 11 is 0. The van der Waals surface area contributed by atoms with Gasteiger partial charge in [-0.15, -0.1) is 0 Å². The Hall–Kier alpha value is -2.86. The van der Waals surface area contributed by atoms with Crippen LogP contribution in [0.25, 0.3) is 10.9 Å². The van der Waals surface area contributed by atoms with Gasteiger partial charge in [0.1, 0.15) is 18.9 Å². The molecular weight excluding hydrogens is 228 g/mol. The summed E-state index contributed by atoms with van der Waals surface area (Å²) in [5.74, 6) is 0.644. The monoisotopic (exact) mass is 238 g/mol. The Bertz CT molecular complexity index is 636. The number of nitrogens with two attached hydrogens (primary N) is 1. The number of anilines is 2. The van der Waals surface area contributed by atoms with Crippen LogP contribution in [-0.2, 0) is 0 Å². The maximum atomic E-state index is 8.79. The summed E-state index contributed by atoms with van der Waals surface area (Å²) in [5, 5.41) is 18.4. The van der Waals surface area contributed by atoms with Crippen LogP contribution in [0.15, 0.2) is 24.3 Å². The number of nitriles is 2. The molecule has 0 aliphatic rings. The fourth-order valence-corrected chi connectivity index (χ4v) is 1.69. The Balaban J connectivity index is 2.61. The molecule has 18 heavy (non-hydrogen) atoms. The first-order valence-corrected chi connectivity index (χ1v) is 5.27. The molecule has 0 aliphatic heterocycles. The highest BCUT2D eigenvalue weighted by Gasteiger charge is 2.12. The summed E-state index contributed by atoms with van der Waals surface area (Å²) in [6.07, 6.45) is 0. The fraction of sp³-hybridized carbons (Fsp3) is 0.167. The topological polar surface area (TPSA) is 103 Å². The third-order valence-corrected chi connectivity index (χ3v) is 2.42. The van der Waals surface area contributed by atoms with E-state index in [1.807, 2.05) is 36.4 Å². The molecule has 2 aromatic rings. The molecule has 0 amide bonds. The molecule has 6 nitrogen and oxygen atoms in total. The molecule has 2 N–H and O–H groups in total. The van der Waals surface area contributed by atoms with Crippen LogP contribution >= 0.6 is 0 Å². The number of fused-ring (bicyclic) bond motifs is 1. The van der Waals surface area contributed by atoms with E-state index in [4.69, 9.17) is 16.3 Å². The first kappa shape index (κ1) is 11.6. The number of hydrogen-bond donors (Lipinski definition) is 1. The van der Waals surface area contributed by atoms with Gasteiger partial charge in [-0.2, -0.15) is 15.5 Å². The van der Waals surface area contributed by atoms with Crippen LogP contribution in [0.2, 0.25) is 0 Å². The van der Waals surface area contributed by atoms with E-state index in [0.29, 0.717) is 11.3 Å². The lowest BCUT2D eigenvalue weighted by molar-refractivity contribution is 0.940. The normalized spacial score (nSPS) is 9.67. The van der Waals surface area contributed by atoms with Crippen molar-refractivity contribution >= 4 is 22.7 Å². The Morgan fingerprint density at radius 2 is 1.78 bits per heavy atom. The number of rotatable bonds is 3. The molecule has 0 bridgehead atoms. The zero-order valence-corrected chi connectivity index (χ0v) is 9.54. The summed E-state index contributed by atoms with van der Waals surface area (Å²) in [7, 11) is 0. The maximum absolute atomic E-state index is 8.79. The molecule has 0 fully saturated rings. The minimum Gasteiger partial charge on any atom is -0.368 e. The molecular formula is C12H10N6. The van der Waals surface area contributed by atoms with Crippen molar-refractivity contribution in [3.05, 3.63) is 24.3 Å². The minimum absolute atomic E-state index is 0.0774. The van der Waals surface area contributed by atoms with Gasteiger partial charge in [0, 0.05) is 5.39 Å². The van der Waals surface area contributed by atoms with Crippen molar-refractivity contribution in [2.45, 2.75) is 0 Å². The van der Waals surface area contributed by atoms with Crippen LogP contribution in [0, 0.1) is 22.7 Å². The van der Waals surface area contributed by atoms with E-state index >= 15 is 0 Å². The number of para-hydroxylation sites is 1. The fourth-order valence-electron chi connectivity index (χ4n) is 1.69. The number of benzene rings is 1. The molecule has 6 heteroatoms. The number of nitrogen functional groups attached to an aromatic ring is 1. The highest BCUT2D eigenvalue weighted by atomic mass is 15.2. The summed E-state index contributed by atoms with van der Waals surface area (Å²) < 4.78 is 0. The quantitative estimate of drug-likeness (QED) is 0.802. The number of hydrogen-bond acceptors (Lipinski definition) is 6. The van der Waals surface area contributed by atoms with Crippen LogP contribution in [0.4, 0.5) is 11.8 Å². The average Bonchev–Trinajstić information content (AvgIpc) is 2.37. The van der Waals surface area contributed by atoms with Gasteiger partial charge in [0.15, 0.2) is 0 Å². The molecule has 0 aliphatic carbocycles. The first-order valence-electron chi connectivity index (χ1n) is 5.27. The predicted molar refractivity (Wildman–Crippen MR) is 67.4 cm³/mol. The summed E-state index contributed by atoms with van der Waals surface area (Å²) in [5.41, 5.74) is 6.34. The predicted octanol–water partition coefficient (Wildman–Crippen LogP) is 1.07. The van der Waals surface area contributed by atoms with Crippen molar-refractivity contribution in [1.29, 1.82) is 10.5 Å². The summed E-state index contributed by atoms with van der Waals surface area (Å²) in [6, 6.07) is 11.4. The lowest BCUT2D eigenvalue weighted by Crippen LogP contribution is -2.25. The van der Waals surface area contributed by atoms with Gasteiger partial charge in [0.2, 0.25) is 5.95 Å². The van der Waals surface area contributed by atoms with Crippen LogP contribution in [0.1, 0.15) is 0 Å². The average molecular weight is 238 g/mol. The molecule has 1 aromatic heterocycles. The number of nitrogens with zero attached hydrogens (tertiary/aromatic N) is 5. The van der Waals surface area contributed by atoms with Gasteiger partial charge in [-0.25, -0.2) is 4.98 Å². The molecule has 0 saturated carbocycles.